The first-order valence-electron chi connectivity index (χ1n) is 6.45. The first kappa shape index (κ1) is 16.4. The second-order valence-corrected chi connectivity index (χ2v) is 5.54. The molecule has 0 aromatic carbocycles. The Morgan fingerprint density at radius 3 is 1.75 bits per heavy atom. The van der Waals surface area contributed by atoms with Gasteiger partial charge in [0.25, 0.3) is 0 Å². The minimum absolute atomic E-state index is 0.0983. The molecule has 0 bridgehead atoms. The zero-order valence-electron chi connectivity index (χ0n) is 11.3. The van der Waals surface area contributed by atoms with Gasteiger partial charge in [-0.15, -0.1) is 0 Å². The molecule has 0 aromatic heterocycles. The zero-order valence-corrected chi connectivity index (χ0v) is 12.1. The SMILES string of the molecule is NC(=O)CN(CC(N)=O)C(=O)C1(C(N)=S)CCCCC1. The smallest absolute Gasteiger partial charge is 0.237 e. The van der Waals surface area contributed by atoms with Gasteiger partial charge in [0, 0.05) is 0 Å². The monoisotopic (exact) mass is 300 g/mol. The van der Waals surface area contributed by atoms with E-state index in [4.69, 9.17) is 29.4 Å². The molecule has 6 N–H and O–H groups in total. The molecule has 0 aliphatic heterocycles. The lowest BCUT2D eigenvalue weighted by Crippen LogP contribution is -2.55. The largest absolute Gasteiger partial charge is 0.392 e. The van der Waals surface area contributed by atoms with Crippen molar-refractivity contribution < 1.29 is 14.4 Å². The minimum Gasteiger partial charge on any atom is -0.392 e. The van der Waals surface area contributed by atoms with E-state index in [1.807, 2.05) is 0 Å². The summed E-state index contributed by atoms with van der Waals surface area (Å²) in [5, 5.41) is 0. The average molecular weight is 300 g/mol. The maximum atomic E-state index is 12.7. The van der Waals surface area contributed by atoms with Crippen LogP contribution in [0.2, 0.25) is 0 Å². The third-order valence-corrected chi connectivity index (χ3v) is 3.96. The van der Waals surface area contributed by atoms with Gasteiger partial charge in [0.05, 0.1) is 23.5 Å². The number of nitrogens with zero attached hydrogens (tertiary/aromatic N) is 1. The Balaban J connectivity index is 3.02. The molecule has 7 nitrogen and oxygen atoms in total. The Labute approximate surface area is 122 Å². The molecule has 112 valence electrons. The molecule has 3 amide bonds. The number of amides is 3. The Hall–Kier alpha value is -1.70. The summed E-state index contributed by atoms with van der Waals surface area (Å²) in [5.41, 5.74) is 15.0. The van der Waals surface area contributed by atoms with Crippen molar-refractivity contribution >= 4 is 34.9 Å². The quantitative estimate of drug-likeness (QED) is 0.542. The van der Waals surface area contributed by atoms with Crippen LogP contribution in [0.5, 0.6) is 0 Å². The minimum atomic E-state index is -0.988. The van der Waals surface area contributed by atoms with E-state index in [9.17, 15) is 14.4 Å². The van der Waals surface area contributed by atoms with E-state index in [1.165, 1.54) is 0 Å². The number of hydrogen-bond donors (Lipinski definition) is 3. The number of nitrogens with two attached hydrogens (primary N) is 3. The molecule has 0 radical (unpaired) electrons. The molecular weight excluding hydrogens is 280 g/mol. The summed E-state index contributed by atoms with van der Waals surface area (Å²) in [7, 11) is 0. The molecule has 1 saturated carbocycles. The van der Waals surface area contributed by atoms with E-state index in [1.54, 1.807) is 0 Å². The van der Waals surface area contributed by atoms with Crippen LogP contribution in [0.1, 0.15) is 32.1 Å². The molecule has 1 aliphatic rings. The highest BCUT2D eigenvalue weighted by Gasteiger charge is 2.45. The van der Waals surface area contributed by atoms with Gasteiger partial charge < -0.3 is 22.1 Å². The second kappa shape index (κ2) is 6.65. The highest BCUT2D eigenvalue weighted by molar-refractivity contribution is 7.80. The number of carbonyl (C=O) groups excluding carboxylic acids is 3. The fourth-order valence-electron chi connectivity index (χ4n) is 2.60. The average Bonchev–Trinajstić information content (AvgIpc) is 2.36. The molecule has 0 unspecified atom stereocenters. The first-order chi connectivity index (χ1) is 9.29. The summed E-state index contributed by atoms with van der Waals surface area (Å²) >= 11 is 5.05. The highest BCUT2D eigenvalue weighted by Crippen LogP contribution is 2.38. The summed E-state index contributed by atoms with van der Waals surface area (Å²) in [5.74, 6) is -1.86. The third-order valence-electron chi connectivity index (χ3n) is 3.57. The predicted molar refractivity (Wildman–Crippen MR) is 77.3 cm³/mol. The van der Waals surface area contributed by atoms with E-state index >= 15 is 0 Å². The Morgan fingerprint density at radius 1 is 0.950 bits per heavy atom. The van der Waals surface area contributed by atoms with Gasteiger partial charge in [0.2, 0.25) is 17.7 Å². The third kappa shape index (κ3) is 3.66. The topological polar surface area (TPSA) is 133 Å². The van der Waals surface area contributed by atoms with Crippen LogP contribution in [0.3, 0.4) is 0 Å². The van der Waals surface area contributed by atoms with Gasteiger partial charge in [0.1, 0.15) is 0 Å². The molecule has 0 saturated heterocycles. The standard InChI is InChI=1S/C12H20N4O3S/c13-8(17)6-16(7-9(14)18)11(19)12(10(15)20)4-2-1-3-5-12/h1-7H2,(H2,13,17)(H2,14,18)(H2,15,20). The molecule has 0 aromatic rings. The van der Waals surface area contributed by atoms with Crippen LogP contribution in [0.15, 0.2) is 0 Å². The van der Waals surface area contributed by atoms with Crippen molar-refractivity contribution in [2.24, 2.45) is 22.6 Å². The van der Waals surface area contributed by atoms with E-state index in [2.05, 4.69) is 0 Å². The molecule has 0 spiro atoms. The van der Waals surface area contributed by atoms with Crippen molar-refractivity contribution in [2.75, 3.05) is 13.1 Å². The number of carbonyl (C=O) groups is 3. The number of hydrogen-bond acceptors (Lipinski definition) is 4. The van der Waals surface area contributed by atoms with Crippen molar-refractivity contribution in [3.05, 3.63) is 0 Å². The van der Waals surface area contributed by atoms with Crippen molar-refractivity contribution in [2.45, 2.75) is 32.1 Å². The van der Waals surface area contributed by atoms with Crippen LogP contribution in [-0.4, -0.2) is 40.7 Å². The summed E-state index contributed by atoms with van der Waals surface area (Å²) in [6.07, 6.45) is 3.70. The summed E-state index contributed by atoms with van der Waals surface area (Å²) in [4.78, 5) is 36.0. The second-order valence-electron chi connectivity index (χ2n) is 5.10. The molecule has 0 atom stereocenters. The van der Waals surface area contributed by atoms with Gasteiger partial charge in [-0.1, -0.05) is 31.5 Å². The Bertz CT molecular complexity index is 416. The lowest BCUT2D eigenvalue weighted by atomic mass is 9.73. The van der Waals surface area contributed by atoms with E-state index < -0.39 is 23.1 Å². The normalized spacial score (nSPS) is 17.2. The number of thiocarbonyl (C=S) groups is 1. The molecular formula is C12H20N4O3S. The van der Waals surface area contributed by atoms with Crippen LogP contribution in [0.4, 0.5) is 0 Å². The maximum absolute atomic E-state index is 12.7. The predicted octanol–water partition coefficient (Wildman–Crippen LogP) is -0.978. The lowest BCUT2D eigenvalue weighted by molar-refractivity contribution is -0.144. The van der Waals surface area contributed by atoms with Gasteiger partial charge in [-0.25, -0.2) is 0 Å². The Kier molecular flexibility index (Phi) is 5.43. The molecule has 0 heterocycles. The van der Waals surface area contributed by atoms with Crippen molar-refractivity contribution in [3.8, 4) is 0 Å². The van der Waals surface area contributed by atoms with Crippen molar-refractivity contribution in [3.63, 3.8) is 0 Å². The van der Waals surface area contributed by atoms with Gasteiger partial charge in [0.15, 0.2) is 0 Å². The Morgan fingerprint density at radius 2 is 1.40 bits per heavy atom. The molecule has 8 heteroatoms. The van der Waals surface area contributed by atoms with Gasteiger partial charge in [-0.05, 0) is 12.8 Å². The van der Waals surface area contributed by atoms with Crippen LogP contribution in [0.25, 0.3) is 0 Å². The summed E-state index contributed by atoms with van der Waals surface area (Å²) in [6.45, 7) is -0.738. The van der Waals surface area contributed by atoms with Crippen molar-refractivity contribution in [1.82, 2.24) is 4.90 Å². The van der Waals surface area contributed by atoms with E-state index in [-0.39, 0.29) is 18.1 Å². The summed E-state index contributed by atoms with van der Waals surface area (Å²) < 4.78 is 0. The van der Waals surface area contributed by atoms with Crippen LogP contribution < -0.4 is 17.2 Å². The van der Waals surface area contributed by atoms with Gasteiger partial charge in [-0.3, -0.25) is 14.4 Å². The lowest BCUT2D eigenvalue weighted by Gasteiger charge is -2.38. The molecule has 1 rings (SSSR count). The maximum Gasteiger partial charge on any atom is 0.237 e. The van der Waals surface area contributed by atoms with E-state index in [0.717, 1.165) is 24.2 Å². The first-order valence-corrected chi connectivity index (χ1v) is 6.86. The molecule has 1 aliphatic carbocycles. The highest BCUT2D eigenvalue weighted by atomic mass is 32.1. The van der Waals surface area contributed by atoms with Crippen LogP contribution in [-0.2, 0) is 14.4 Å². The molecule has 20 heavy (non-hydrogen) atoms. The van der Waals surface area contributed by atoms with Gasteiger partial charge in [-0.2, -0.15) is 0 Å². The van der Waals surface area contributed by atoms with Crippen molar-refractivity contribution in [1.29, 1.82) is 0 Å². The van der Waals surface area contributed by atoms with Crippen LogP contribution in [0, 0.1) is 5.41 Å². The summed E-state index contributed by atoms with van der Waals surface area (Å²) in [6, 6.07) is 0. The fraction of sp³-hybridized carbons (Fsp3) is 0.667. The van der Waals surface area contributed by atoms with Gasteiger partial charge >= 0.3 is 0 Å². The number of rotatable bonds is 6. The van der Waals surface area contributed by atoms with Crippen LogP contribution >= 0.6 is 12.2 Å². The fourth-order valence-corrected chi connectivity index (χ4v) is 2.89. The van der Waals surface area contributed by atoms with E-state index in [0.29, 0.717) is 12.8 Å². The molecule has 1 fully saturated rings. The zero-order chi connectivity index (χ0) is 15.3. The number of primary amides is 2.